The van der Waals surface area contributed by atoms with E-state index < -0.39 is 29.6 Å². The van der Waals surface area contributed by atoms with Gasteiger partial charge in [0.2, 0.25) is 0 Å². The predicted octanol–water partition coefficient (Wildman–Crippen LogP) is 5.19. The van der Waals surface area contributed by atoms with Crippen LogP contribution < -0.4 is 5.32 Å². The molecule has 0 unspecified atom stereocenters. The van der Waals surface area contributed by atoms with Crippen molar-refractivity contribution in [2.75, 3.05) is 7.11 Å². The number of rotatable bonds is 5. The molecule has 0 aliphatic rings. The topological polar surface area (TPSA) is 64.6 Å². The number of hydrogen-bond acceptors (Lipinski definition) is 4. The second kappa shape index (κ2) is 9.30. The fourth-order valence-corrected chi connectivity index (χ4v) is 3.01. The Morgan fingerprint density at radius 3 is 1.68 bits per heavy atom. The number of nitrogens with one attached hydrogen (secondary N) is 1. The average molecular weight is 424 g/mol. The summed E-state index contributed by atoms with van der Waals surface area (Å²) in [4.78, 5) is 25.0. The minimum atomic E-state index is -1.01. The zero-order valence-corrected chi connectivity index (χ0v) is 17.7. The third kappa shape index (κ3) is 6.14. The minimum Gasteiger partial charge on any atom is -0.467 e. The lowest BCUT2D eigenvalue weighted by molar-refractivity contribution is -0.143. The van der Waals surface area contributed by atoms with Gasteiger partial charge in [-0.2, -0.15) is 0 Å². The lowest BCUT2D eigenvalue weighted by Crippen LogP contribution is -2.47. The van der Waals surface area contributed by atoms with Gasteiger partial charge >= 0.3 is 12.1 Å². The molecular weight excluding hydrogens is 401 g/mol. The van der Waals surface area contributed by atoms with E-state index in [1.165, 1.54) is 7.11 Å². The monoisotopic (exact) mass is 423 g/mol. The second-order valence-corrected chi connectivity index (χ2v) is 8.10. The van der Waals surface area contributed by atoms with Gasteiger partial charge in [0.15, 0.2) is 0 Å². The summed E-state index contributed by atoms with van der Waals surface area (Å²) in [6.45, 7) is 5.24. The van der Waals surface area contributed by atoms with Crippen LogP contribution in [0.25, 0.3) is 0 Å². The van der Waals surface area contributed by atoms with Crippen LogP contribution in [0.15, 0.2) is 48.5 Å². The molecule has 5 nitrogen and oxygen atoms in total. The van der Waals surface area contributed by atoms with Gasteiger partial charge in [0.25, 0.3) is 0 Å². The number of amides is 1. The molecule has 1 N–H and O–H groups in total. The summed E-state index contributed by atoms with van der Waals surface area (Å²) in [5.74, 6) is -1.13. The Balaban J connectivity index is 2.48. The molecular formula is C21H23Cl2NO4. The second-order valence-electron chi connectivity index (χ2n) is 7.23. The van der Waals surface area contributed by atoms with Gasteiger partial charge in [-0.05, 0) is 56.2 Å². The van der Waals surface area contributed by atoms with E-state index in [0.29, 0.717) is 10.0 Å². The van der Waals surface area contributed by atoms with Crippen LogP contribution in [0.5, 0.6) is 0 Å². The highest BCUT2D eigenvalue weighted by Crippen LogP contribution is 2.31. The van der Waals surface area contributed by atoms with Gasteiger partial charge in [-0.1, -0.05) is 47.5 Å². The summed E-state index contributed by atoms with van der Waals surface area (Å²) >= 11 is 12.0. The van der Waals surface area contributed by atoms with Crippen LogP contribution in [0.1, 0.15) is 37.8 Å². The Kier molecular flexibility index (Phi) is 7.33. The molecule has 150 valence electrons. The number of carbonyl (C=O) groups excluding carboxylic acids is 2. The summed E-state index contributed by atoms with van der Waals surface area (Å²) in [6.07, 6.45) is -0.712. The first kappa shape index (κ1) is 22.1. The first-order valence-corrected chi connectivity index (χ1v) is 9.44. The maximum absolute atomic E-state index is 12.6. The van der Waals surface area contributed by atoms with Gasteiger partial charge in [-0.15, -0.1) is 0 Å². The fraction of sp³-hybridized carbons (Fsp3) is 0.333. The van der Waals surface area contributed by atoms with Gasteiger partial charge in [0.1, 0.15) is 11.6 Å². The highest BCUT2D eigenvalue weighted by atomic mass is 35.5. The molecule has 2 aromatic rings. The van der Waals surface area contributed by atoms with E-state index in [4.69, 9.17) is 32.7 Å². The summed E-state index contributed by atoms with van der Waals surface area (Å²) in [5, 5.41) is 3.78. The summed E-state index contributed by atoms with van der Waals surface area (Å²) in [6, 6.07) is 13.1. The predicted molar refractivity (Wildman–Crippen MR) is 110 cm³/mol. The molecule has 0 aliphatic carbocycles. The van der Waals surface area contributed by atoms with Crippen molar-refractivity contribution < 1.29 is 19.1 Å². The van der Waals surface area contributed by atoms with Crippen LogP contribution in [0.3, 0.4) is 0 Å². The number of esters is 1. The summed E-state index contributed by atoms with van der Waals surface area (Å²) in [7, 11) is 1.27. The van der Waals surface area contributed by atoms with Crippen molar-refractivity contribution >= 4 is 35.3 Å². The van der Waals surface area contributed by atoms with E-state index in [1.807, 2.05) is 0 Å². The third-order valence-electron chi connectivity index (χ3n) is 3.92. The Bertz CT molecular complexity index is 768. The zero-order chi connectivity index (χ0) is 20.9. The first-order chi connectivity index (χ1) is 13.1. The van der Waals surface area contributed by atoms with E-state index in [1.54, 1.807) is 69.3 Å². The maximum atomic E-state index is 12.6. The molecule has 0 aliphatic heterocycles. The number of hydrogen-bond donors (Lipinski definition) is 1. The highest BCUT2D eigenvalue weighted by molar-refractivity contribution is 6.30. The van der Waals surface area contributed by atoms with Crippen molar-refractivity contribution in [1.29, 1.82) is 0 Å². The lowest BCUT2D eigenvalue weighted by Gasteiger charge is -2.28. The number of alkyl carbamates (subject to hydrolysis) is 1. The normalized spacial score (nSPS) is 12.4. The third-order valence-corrected chi connectivity index (χ3v) is 4.42. The van der Waals surface area contributed by atoms with Gasteiger partial charge in [0, 0.05) is 16.0 Å². The van der Waals surface area contributed by atoms with Crippen LogP contribution in [0.4, 0.5) is 4.79 Å². The van der Waals surface area contributed by atoms with E-state index in [-0.39, 0.29) is 0 Å². The number of ether oxygens (including phenoxy) is 2. The molecule has 0 saturated carbocycles. The van der Waals surface area contributed by atoms with E-state index in [0.717, 1.165) is 11.1 Å². The average Bonchev–Trinajstić information content (AvgIpc) is 2.62. The van der Waals surface area contributed by atoms with Crippen molar-refractivity contribution in [1.82, 2.24) is 5.32 Å². The van der Waals surface area contributed by atoms with E-state index in [2.05, 4.69) is 5.32 Å². The van der Waals surface area contributed by atoms with Crippen molar-refractivity contribution in [3.63, 3.8) is 0 Å². The summed E-state index contributed by atoms with van der Waals surface area (Å²) in [5.41, 5.74) is 0.845. The quantitative estimate of drug-likeness (QED) is 0.671. The van der Waals surface area contributed by atoms with Gasteiger partial charge in [-0.25, -0.2) is 9.59 Å². The van der Waals surface area contributed by atoms with Crippen LogP contribution in [0, 0.1) is 0 Å². The maximum Gasteiger partial charge on any atom is 0.408 e. The number of methoxy groups -OCH3 is 1. The molecule has 7 heteroatoms. The largest absolute Gasteiger partial charge is 0.467 e. The molecule has 1 amide bonds. The Labute approximate surface area is 174 Å². The summed E-state index contributed by atoms with van der Waals surface area (Å²) < 4.78 is 10.3. The Hall–Kier alpha value is -2.24. The molecule has 0 aromatic heterocycles. The molecule has 28 heavy (non-hydrogen) atoms. The van der Waals surface area contributed by atoms with Crippen LogP contribution in [-0.4, -0.2) is 30.8 Å². The zero-order valence-electron chi connectivity index (χ0n) is 16.2. The molecule has 0 spiro atoms. The molecule has 0 bridgehead atoms. The molecule has 2 aromatic carbocycles. The SMILES string of the molecule is COC(=O)[C@@H](NC(=O)OC(C)(C)C)C(c1ccc(Cl)cc1)c1ccc(Cl)cc1. The molecule has 0 fully saturated rings. The standard InChI is InChI=1S/C21H23Cl2NO4/c1-21(2,3)28-20(26)24-18(19(25)27-4)17(13-5-9-15(22)10-6-13)14-7-11-16(23)12-8-14/h5-12,17-18H,1-4H3,(H,24,26)/t18-/m0/s1. The Morgan fingerprint density at radius 1 is 0.893 bits per heavy atom. The molecule has 0 saturated heterocycles. The van der Waals surface area contributed by atoms with E-state index in [9.17, 15) is 9.59 Å². The van der Waals surface area contributed by atoms with Gasteiger partial charge in [-0.3, -0.25) is 0 Å². The number of carbonyl (C=O) groups is 2. The van der Waals surface area contributed by atoms with Crippen LogP contribution >= 0.6 is 23.2 Å². The van der Waals surface area contributed by atoms with Gasteiger partial charge < -0.3 is 14.8 Å². The molecule has 0 radical (unpaired) electrons. The highest BCUT2D eigenvalue weighted by Gasteiger charge is 2.34. The van der Waals surface area contributed by atoms with Crippen molar-refractivity contribution in [3.05, 3.63) is 69.7 Å². The fourth-order valence-electron chi connectivity index (χ4n) is 2.76. The minimum absolute atomic E-state index is 0.533. The smallest absolute Gasteiger partial charge is 0.408 e. The van der Waals surface area contributed by atoms with Crippen LogP contribution in [-0.2, 0) is 14.3 Å². The van der Waals surface area contributed by atoms with Crippen molar-refractivity contribution in [2.45, 2.75) is 38.3 Å². The molecule has 1 atom stereocenters. The number of halogens is 2. The van der Waals surface area contributed by atoms with Crippen LogP contribution in [0.2, 0.25) is 10.0 Å². The Morgan fingerprint density at radius 2 is 1.32 bits per heavy atom. The van der Waals surface area contributed by atoms with E-state index >= 15 is 0 Å². The molecule has 0 heterocycles. The lowest BCUT2D eigenvalue weighted by atomic mass is 9.85. The van der Waals surface area contributed by atoms with Gasteiger partial charge in [0.05, 0.1) is 7.11 Å². The molecule has 2 rings (SSSR count). The number of benzene rings is 2. The van der Waals surface area contributed by atoms with Crippen molar-refractivity contribution in [3.8, 4) is 0 Å². The van der Waals surface area contributed by atoms with Crippen molar-refractivity contribution in [2.24, 2.45) is 0 Å². The first-order valence-electron chi connectivity index (χ1n) is 8.69.